The van der Waals surface area contributed by atoms with E-state index in [1.165, 1.54) is 13.1 Å². The monoisotopic (exact) mass is 286 g/mol. The molecule has 20 heavy (non-hydrogen) atoms. The molecule has 0 atom stereocenters. The van der Waals surface area contributed by atoms with E-state index in [2.05, 4.69) is 5.32 Å². The molecule has 1 aromatic carbocycles. The van der Waals surface area contributed by atoms with E-state index in [0.29, 0.717) is 6.42 Å². The first-order chi connectivity index (χ1) is 9.41. The molecule has 0 aliphatic rings. The second kappa shape index (κ2) is 7.42. The van der Waals surface area contributed by atoms with Gasteiger partial charge in [0.25, 0.3) is 0 Å². The van der Waals surface area contributed by atoms with Gasteiger partial charge in [-0.1, -0.05) is 6.07 Å². The minimum absolute atomic E-state index is 0.0497. The van der Waals surface area contributed by atoms with Crippen LogP contribution in [0.5, 0.6) is 0 Å². The van der Waals surface area contributed by atoms with Gasteiger partial charge >= 0.3 is 12.0 Å². The van der Waals surface area contributed by atoms with Crippen LogP contribution in [0.2, 0.25) is 0 Å². The van der Waals surface area contributed by atoms with Gasteiger partial charge < -0.3 is 15.3 Å². The Labute approximate surface area is 115 Å². The molecule has 0 saturated carbocycles. The average molecular weight is 286 g/mol. The lowest BCUT2D eigenvalue weighted by molar-refractivity contribution is -0.137. The molecule has 1 aromatic rings. The van der Waals surface area contributed by atoms with Gasteiger partial charge in [-0.15, -0.1) is 0 Å². The molecule has 0 spiro atoms. The SMILES string of the molecule is CN(Cc1c(F)cccc1F)C(=O)NCCCC(=O)O. The number of nitrogens with zero attached hydrogens (tertiary/aromatic N) is 1. The van der Waals surface area contributed by atoms with Crippen molar-refractivity contribution in [3.8, 4) is 0 Å². The molecule has 0 saturated heterocycles. The van der Waals surface area contributed by atoms with Gasteiger partial charge in [-0.05, 0) is 18.6 Å². The van der Waals surface area contributed by atoms with Crippen LogP contribution >= 0.6 is 0 Å². The van der Waals surface area contributed by atoms with Crippen molar-refractivity contribution in [2.24, 2.45) is 0 Å². The topological polar surface area (TPSA) is 69.6 Å². The zero-order chi connectivity index (χ0) is 15.1. The van der Waals surface area contributed by atoms with Gasteiger partial charge in [0, 0.05) is 25.6 Å². The number of carbonyl (C=O) groups excluding carboxylic acids is 1. The summed E-state index contributed by atoms with van der Waals surface area (Å²) in [6.07, 6.45) is 0.245. The van der Waals surface area contributed by atoms with Crippen LogP contribution in [0, 0.1) is 11.6 Å². The van der Waals surface area contributed by atoms with Crippen molar-refractivity contribution in [2.75, 3.05) is 13.6 Å². The van der Waals surface area contributed by atoms with Crippen LogP contribution in [0.1, 0.15) is 18.4 Å². The lowest BCUT2D eigenvalue weighted by Crippen LogP contribution is -2.37. The maximum Gasteiger partial charge on any atom is 0.317 e. The summed E-state index contributed by atoms with van der Waals surface area (Å²) >= 11 is 0. The minimum Gasteiger partial charge on any atom is -0.481 e. The summed E-state index contributed by atoms with van der Waals surface area (Å²) in [4.78, 5) is 23.1. The molecule has 1 rings (SSSR count). The third-order valence-electron chi connectivity index (χ3n) is 2.65. The van der Waals surface area contributed by atoms with Gasteiger partial charge in [0.2, 0.25) is 0 Å². The highest BCUT2D eigenvalue weighted by molar-refractivity contribution is 5.74. The van der Waals surface area contributed by atoms with Crippen molar-refractivity contribution >= 4 is 12.0 Å². The molecular weight excluding hydrogens is 270 g/mol. The van der Waals surface area contributed by atoms with Crippen molar-refractivity contribution in [2.45, 2.75) is 19.4 Å². The highest BCUT2D eigenvalue weighted by atomic mass is 19.1. The van der Waals surface area contributed by atoms with Gasteiger partial charge in [0.15, 0.2) is 0 Å². The smallest absolute Gasteiger partial charge is 0.317 e. The number of carbonyl (C=O) groups is 2. The maximum absolute atomic E-state index is 13.4. The van der Waals surface area contributed by atoms with Crippen LogP contribution in [0.3, 0.4) is 0 Å². The molecule has 2 amide bonds. The normalized spacial score (nSPS) is 10.2. The number of halogens is 2. The second-order valence-electron chi connectivity index (χ2n) is 4.29. The second-order valence-corrected chi connectivity index (χ2v) is 4.29. The Kier molecular flexibility index (Phi) is 5.89. The maximum atomic E-state index is 13.4. The zero-order valence-electron chi connectivity index (χ0n) is 11.0. The Morgan fingerprint density at radius 3 is 2.45 bits per heavy atom. The minimum atomic E-state index is -0.943. The van der Waals surface area contributed by atoms with E-state index in [4.69, 9.17) is 5.11 Å². The Balaban J connectivity index is 2.47. The Hall–Kier alpha value is -2.18. The van der Waals surface area contributed by atoms with Crippen molar-refractivity contribution in [3.05, 3.63) is 35.4 Å². The molecule has 0 aliphatic carbocycles. The summed E-state index contributed by atoms with van der Waals surface area (Å²) in [6, 6.07) is 2.98. The van der Waals surface area contributed by atoms with Crippen molar-refractivity contribution in [1.29, 1.82) is 0 Å². The van der Waals surface area contributed by atoms with Gasteiger partial charge in [-0.25, -0.2) is 13.6 Å². The number of rotatable bonds is 6. The lowest BCUT2D eigenvalue weighted by atomic mass is 10.2. The summed E-state index contributed by atoms with van der Waals surface area (Å²) in [7, 11) is 1.40. The molecule has 0 aromatic heterocycles. The number of carboxylic acids is 1. The van der Waals surface area contributed by atoms with Crippen LogP contribution in [0.25, 0.3) is 0 Å². The van der Waals surface area contributed by atoms with E-state index < -0.39 is 23.6 Å². The molecule has 0 unspecified atom stereocenters. The fourth-order valence-corrected chi connectivity index (χ4v) is 1.56. The highest BCUT2D eigenvalue weighted by Gasteiger charge is 2.14. The van der Waals surface area contributed by atoms with Gasteiger partial charge in [-0.2, -0.15) is 0 Å². The molecule has 7 heteroatoms. The number of nitrogens with one attached hydrogen (secondary N) is 1. The molecular formula is C13H16F2N2O3. The van der Waals surface area contributed by atoms with E-state index in [0.717, 1.165) is 17.0 Å². The largest absolute Gasteiger partial charge is 0.481 e. The molecule has 5 nitrogen and oxygen atoms in total. The standard InChI is InChI=1S/C13H16F2N2O3/c1-17(13(20)16-7-3-6-12(18)19)8-9-10(14)4-2-5-11(9)15/h2,4-5H,3,6-8H2,1H3,(H,16,20)(H,18,19). The molecule has 0 heterocycles. The predicted molar refractivity (Wildman–Crippen MR) is 68.1 cm³/mol. The molecule has 0 aliphatic heterocycles. The number of hydrogen-bond acceptors (Lipinski definition) is 2. The molecule has 2 N–H and O–H groups in total. The first-order valence-electron chi connectivity index (χ1n) is 6.05. The van der Waals surface area contributed by atoms with E-state index in [9.17, 15) is 18.4 Å². The fraction of sp³-hybridized carbons (Fsp3) is 0.385. The molecule has 0 bridgehead atoms. The van der Waals surface area contributed by atoms with Crippen LogP contribution < -0.4 is 5.32 Å². The van der Waals surface area contributed by atoms with Crippen molar-refractivity contribution in [1.82, 2.24) is 10.2 Å². The number of amides is 2. The fourth-order valence-electron chi connectivity index (χ4n) is 1.56. The van der Waals surface area contributed by atoms with Crippen LogP contribution in [0.4, 0.5) is 13.6 Å². The summed E-state index contributed by atoms with van der Waals surface area (Å²) in [5.74, 6) is -2.37. The highest BCUT2D eigenvalue weighted by Crippen LogP contribution is 2.13. The van der Waals surface area contributed by atoms with Gasteiger partial charge in [0.05, 0.1) is 6.54 Å². The Bertz CT molecular complexity index is 474. The van der Waals surface area contributed by atoms with E-state index >= 15 is 0 Å². The number of benzene rings is 1. The van der Waals surface area contributed by atoms with Crippen LogP contribution in [-0.4, -0.2) is 35.6 Å². The summed E-state index contributed by atoms with van der Waals surface area (Å²) in [5, 5.41) is 10.9. The van der Waals surface area contributed by atoms with Crippen molar-refractivity contribution in [3.63, 3.8) is 0 Å². The first kappa shape index (κ1) is 15.9. The lowest BCUT2D eigenvalue weighted by Gasteiger charge is -2.18. The first-order valence-corrected chi connectivity index (χ1v) is 6.05. The molecule has 0 fully saturated rings. The Morgan fingerprint density at radius 1 is 1.30 bits per heavy atom. The van der Waals surface area contributed by atoms with Crippen LogP contribution in [-0.2, 0) is 11.3 Å². The number of carboxylic acid groups (broad SMARTS) is 1. The Morgan fingerprint density at radius 2 is 1.90 bits per heavy atom. The predicted octanol–water partition coefficient (Wildman–Crippen LogP) is 1.97. The summed E-state index contributed by atoms with van der Waals surface area (Å²) < 4.78 is 26.8. The van der Waals surface area contributed by atoms with E-state index in [-0.39, 0.29) is 25.1 Å². The van der Waals surface area contributed by atoms with Gasteiger partial charge in [-0.3, -0.25) is 4.79 Å². The summed E-state index contributed by atoms with van der Waals surface area (Å²) in [6.45, 7) is -0.0154. The third kappa shape index (κ3) is 4.83. The van der Waals surface area contributed by atoms with E-state index in [1.807, 2.05) is 0 Å². The zero-order valence-corrected chi connectivity index (χ0v) is 11.0. The third-order valence-corrected chi connectivity index (χ3v) is 2.65. The average Bonchev–Trinajstić information content (AvgIpc) is 2.38. The summed E-state index contributed by atoms with van der Waals surface area (Å²) in [5.41, 5.74) is -0.185. The van der Waals surface area contributed by atoms with Crippen LogP contribution in [0.15, 0.2) is 18.2 Å². The van der Waals surface area contributed by atoms with Gasteiger partial charge in [0.1, 0.15) is 11.6 Å². The number of urea groups is 1. The number of hydrogen-bond donors (Lipinski definition) is 2. The molecule has 110 valence electrons. The number of aliphatic carboxylic acids is 1. The van der Waals surface area contributed by atoms with E-state index in [1.54, 1.807) is 0 Å². The van der Waals surface area contributed by atoms with Crippen molar-refractivity contribution < 1.29 is 23.5 Å². The molecule has 0 radical (unpaired) electrons. The quantitative estimate of drug-likeness (QED) is 0.785.